The number of nitrogens with zero attached hydrogens (tertiary/aromatic N) is 1. The quantitative estimate of drug-likeness (QED) is 0.421. The van der Waals surface area contributed by atoms with E-state index in [0.29, 0.717) is 28.6 Å². The number of carbonyl (C=O) groups excluding carboxylic acids is 3. The maximum atomic E-state index is 12.1. The molecular weight excluding hydrogens is 418 g/mol. The molecule has 3 aromatic rings. The molecule has 2 aromatic carbocycles. The van der Waals surface area contributed by atoms with Gasteiger partial charge in [-0.25, -0.2) is 4.79 Å². The molecule has 0 fully saturated rings. The van der Waals surface area contributed by atoms with Crippen molar-refractivity contribution in [2.45, 2.75) is 6.92 Å². The largest absolute Gasteiger partial charge is 0.360 e. The number of urea groups is 1. The lowest BCUT2D eigenvalue weighted by atomic mass is 10.2. The lowest BCUT2D eigenvalue weighted by Crippen LogP contribution is -2.20. The van der Waals surface area contributed by atoms with Gasteiger partial charge in [0.25, 0.3) is 0 Å². The molecule has 9 nitrogen and oxygen atoms in total. The molecule has 3 rings (SSSR count). The second-order valence-corrected chi connectivity index (χ2v) is 7.42. The minimum atomic E-state index is -0.390. The van der Waals surface area contributed by atoms with Crippen LogP contribution in [0.5, 0.6) is 0 Å². The molecule has 0 aliphatic heterocycles. The summed E-state index contributed by atoms with van der Waals surface area (Å²) in [4.78, 5) is 36.1. The van der Waals surface area contributed by atoms with Crippen LogP contribution in [-0.2, 0) is 9.59 Å². The monoisotopic (exact) mass is 439 g/mol. The van der Waals surface area contributed by atoms with Crippen molar-refractivity contribution >= 4 is 52.5 Å². The van der Waals surface area contributed by atoms with Crippen molar-refractivity contribution in [1.82, 2.24) is 5.16 Å². The lowest BCUT2D eigenvalue weighted by molar-refractivity contribution is -0.114. The number of anilines is 4. The number of carbonyl (C=O) groups is 3. The summed E-state index contributed by atoms with van der Waals surface area (Å²) in [6.07, 6.45) is 0. The second kappa shape index (κ2) is 10.8. The van der Waals surface area contributed by atoms with E-state index < -0.39 is 6.03 Å². The molecule has 160 valence electrons. The van der Waals surface area contributed by atoms with Crippen molar-refractivity contribution in [3.63, 3.8) is 0 Å². The van der Waals surface area contributed by atoms with Crippen molar-refractivity contribution in [3.05, 3.63) is 66.4 Å². The van der Waals surface area contributed by atoms with Gasteiger partial charge in [0.05, 0.1) is 11.5 Å². The Hall–Kier alpha value is -3.79. The standard InChI is InChI=1S/C21H21N5O4S/c1-14-10-18(26-30-14)25-20(28)13-31-12-19(27)22-16-8-5-9-17(11-16)24-21(29)23-15-6-3-2-4-7-15/h2-11H,12-13H2,1H3,(H,22,27)(H2,23,24,29)(H,25,26,28). The fourth-order valence-corrected chi connectivity index (χ4v) is 3.14. The number of hydrogen-bond donors (Lipinski definition) is 4. The zero-order chi connectivity index (χ0) is 22.1. The summed E-state index contributed by atoms with van der Waals surface area (Å²) in [5.74, 6) is 0.588. The van der Waals surface area contributed by atoms with Gasteiger partial charge in [-0.3, -0.25) is 9.59 Å². The normalized spacial score (nSPS) is 10.2. The number of aryl methyl sites for hydroxylation is 1. The molecule has 0 unspecified atom stereocenters. The Morgan fingerprint density at radius 3 is 2.10 bits per heavy atom. The average molecular weight is 439 g/mol. The van der Waals surface area contributed by atoms with Gasteiger partial charge in [0.15, 0.2) is 5.82 Å². The van der Waals surface area contributed by atoms with Gasteiger partial charge < -0.3 is 25.8 Å². The topological polar surface area (TPSA) is 125 Å². The van der Waals surface area contributed by atoms with Gasteiger partial charge in [-0.15, -0.1) is 11.8 Å². The minimum Gasteiger partial charge on any atom is -0.360 e. The Morgan fingerprint density at radius 1 is 0.806 bits per heavy atom. The van der Waals surface area contributed by atoms with Crippen LogP contribution in [-0.4, -0.2) is 34.5 Å². The van der Waals surface area contributed by atoms with E-state index >= 15 is 0 Å². The van der Waals surface area contributed by atoms with E-state index in [2.05, 4.69) is 26.4 Å². The van der Waals surface area contributed by atoms with Crippen LogP contribution in [0.2, 0.25) is 0 Å². The molecule has 0 saturated carbocycles. The average Bonchev–Trinajstić information content (AvgIpc) is 3.13. The molecule has 4 amide bonds. The number of benzene rings is 2. The zero-order valence-corrected chi connectivity index (χ0v) is 17.5. The van der Waals surface area contributed by atoms with Crippen molar-refractivity contribution < 1.29 is 18.9 Å². The molecule has 10 heteroatoms. The van der Waals surface area contributed by atoms with Crippen LogP contribution in [0.4, 0.5) is 27.7 Å². The summed E-state index contributed by atoms with van der Waals surface area (Å²) in [6.45, 7) is 1.72. The Bertz CT molecular complexity index is 1050. The second-order valence-electron chi connectivity index (χ2n) is 6.44. The summed E-state index contributed by atoms with van der Waals surface area (Å²) in [7, 11) is 0. The van der Waals surface area contributed by atoms with E-state index in [-0.39, 0.29) is 23.3 Å². The van der Waals surface area contributed by atoms with Gasteiger partial charge in [-0.1, -0.05) is 29.4 Å². The molecule has 0 aliphatic carbocycles. The molecule has 0 atom stereocenters. The molecule has 1 aromatic heterocycles. The van der Waals surface area contributed by atoms with Gasteiger partial charge in [0, 0.05) is 23.1 Å². The highest BCUT2D eigenvalue weighted by molar-refractivity contribution is 8.00. The summed E-state index contributed by atoms with van der Waals surface area (Å²) in [5, 5.41) is 14.4. The van der Waals surface area contributed by atoms with Crippen molar-refractivity contribution in [3.8, 4) is 0 Å². The summed E-state index contributed by atoms with van der Waals surface area (Å²) >= 11 is 1.17. The first-order valence-electron chi connectivity index (χ1n) is 9.32. The van der Waals surface area contributed by atoms with E-state index in [9.17, 15) is 14.4 Å². The summed E-state index contributed by atoms with van der Waals surface area (Å²) in [6, 6.07) is 17.1. The van der Waals surface area contributed by atoms with Gasteiger partial charge >= 0.3 is 6.03 Å². The number of hydrogen-bond acceptors (Lipinski definition) is 6. The fraction of sp³-hybridized carbons (Fsp3) is 0.143. The number of para-hydroxylation sites is 1. The number of amides is 4. The van der Waals surface area contributed by atoms with E-state index in [4.69, 9.17) is 4.52 Å². The highest BCUT2D eigenvalue weighted by atomic mass is 32.2. The number of thioether (sulfide) groups is 1. The third-order valence-electron chi connectivity index (χ3n) is 3.80. The van der Waals surface area contributed by atoms with Gasteiger partial charge in [-0.2, -0.15) is 0 Å². The Kier molecular flexibility index (Phi) is 7.66. The van der Waals surface area contributed by atoms with Crippen LogP contribution in [0.3, 0.4) is 0 Å². The first-order valence-corrected chi connectivity index (χ1v) is 10.5. The molecule has 1 heterocycles. The number of aromatic nitrogens is 1. The zero-order valence-electron chi connectivity index (χ0n) is 16.7. The van der Waals surface area contributed by atoms with E-state index in [1.807, 2.05) is 18.2 Å². The summed E-state index contributed by atoms with van der Waals surface area (Å²) < 4.78 is 4.87. The van der Waals surface area contributed by atoms with Crippen LogP contribution < -0.4 is 21.3 Å². The Balaban J connectivity index is 1.41. The minimum absolute atomic E-state index is 0.0947. The van der Waals surface area contributed by atoms with Crippen LogP contribution in [0, 0.1) is 6.92 Å². The van der Waals surface area contributed by atoms with Crippen LogP contribution in [0.25, 0.3) is 0 Å². The number of nitrogens with one attached hydrogen (secondary N) is 4. The predicted octanol–water partition coefficient (Wildman–Crippen LogP) is 3.94. The molecule has 4 N–H and O–H groups in total. The van der Waals surface area contributed by atoms with E-state index in [0.717, 1.165) is 0 Å². The Labute approximate surface area is 183 Å². The van der Waals surface area contributed by atoms with E-state index in [1.54, 1.807) is 49.4 Å². The smallest absolute Gasteiger partial charge is 0.323 e. The van der Waals surface area contributed by atoms with Crippen molar-refractivity contribution in [2.24, 2.45) is 0 Å². The van der Waals surface area contributed by atoms with Crippen LogP contribution >= 0.6 is 11.8 Å². The Morgan fingerprint density at radius 2 is 1.42 bits per heavy atom. The molecule has 0 bridgehead atoms. The third kappa shape index (κ3) is 7.52. The van der Waals surface area contributed by atoms with Crippen molar-refractivity contribution in [1.29, 1.82) is 0 Å². The molecule has 0 aliphatic rings. The van der Waals surface area contributed by atoms with Crippen molar-refractivity contribution in [2.75, 3.05) is 32.8 Å². The maximum absolute atomic E-state index is 12.1. The molecule has 0 spiro atoms. The predicted molar refractivity (Wildman–Crippen MR) is 121 cm³/mol. The first-order chi connectivity index (χ1) is 15.0. The molecule has 0 saturated heterocycles. The van der Waals surface area contributed by atoms with E-state index in [1.165, 1.54) is 11.8 Å². The van der Waals surface area contributed by atoms with Crippen LogP contribution in [0.15, 0.2) is 65.2 Å². The SMILES string of the molecule is Cc1cc(NC(=O)CSCC(=O)Nc2cccc(NC(=O)Nc3ccccc3)c2)no1. The van der Waals surface area contributed by atoms with Gasteiger partial charge in [-0.05, 0) is 37.3 Å². The molecular formula is C21H21N5O4S. The lowest BCUT2D eigenvalue weighted by Gasteiger charge is -2.10. The number of rotatable bonds is 8. The van der Waals surface area contributed by atoms with Crippen LogP contribution in [0.1, 0.15) is 5.76 Å². The maximum Gasteiger partial charge on any atom is 0.323 e. The summed E-state index contributed by atoms with van der Waals surface area (Å²) in [5.41, 5.74) is 1.73. The van der Waals surface area contributed by atoms with Gasteiger partial charge in [0.1, 0.15) is 5.76 Å². The highest BCUT2D eigenvalue weighted by Gasteiger charge is 2.09. The van der Waals surface area contributed by atoms with Gasteiger partial charge in [0.2, 0.25) is 11.8 Å². The molecule has 0 radical (unpaired) electrons. The highest BCUT2D eigenvalue weighted by Crippen LogP contribution is 2.16. The third-order valence-corrected chi connectivity index (χ3v) is 4.73. The first kappa shape index (κ1) is 21.9. The molecule has 31 heavy (non-hydrogen) atoms. The fourth-order valence-electron chi connectivity index (χ4n) is 2.53.